The lowest BCUT2D eigenvalue weighted by molar-refractivity contribution is 0.109. The van der Waals surface area contributed by atoms with E-state index in [1.165, 1.54) is 10.1 Å². The summed E-state index contributed by atoms with van der Waals surface area (Å²) in [5.41, 5.74) is 1.15. The first kappa shape index (κ1) is 13.3. The third-order valence-electron chi connectivity index (χ3n) is 2.67. The zero-order valence-corrected chi connectivity index (χ0v) is 11.5. The van der Waals surface area contributed by atoms with Gasteiger partial charge in [-0.1, -0.05) is 0 Å². The first-order valence-electron chi connectivity index (χ1n) is 6.18. The Balaban J connectivity index is 1.67. The quantitative estimate of drug-likeness (QED) is 0.742. The van der Waals surface area contributed by atoms with Gasteiger partial charge in [-0.3, -0.25) is 0 Å². The Kier molecular flexibility index (Phi) is 5.45. The first-order chi connectivity index (χ1) is 8.90. The maximum atomic E-state index is 5.49. The predicted molar refractivity (Wildman–Crippen MR) is 77.6 cm³/mol. The molecular formula is C14H19NO2S. The summed E-state index contributed by atoms with van der Waals surface area (Å²) in [4.78, 5) is 0. The Hall–Kier alpha value is -1.10. The molecule has 0 unspecified atom stereocenters. The van der Waals surface area contributed by atoms with Gasteiger partial charge in [0, 0.05) is 37.3 Å². The zero-order valence-electron chi connectivity index (χ0n) is 10.6. The average molecular weight is 265 g/mol. The first-order valence-corrected chi connectivity index (χ1v) is 7.06. The fourth-order valence-corrected chi connectivity index (χ4v) is 2.52. The maximum absolute atomic E-state index is 5.49. The summed E-state index contributed by atoms with van der Waals surface area (Å²) in [6.07, 6.45) is 0.956. The summed E-state index contributed by atoms with van der Waals surface area (Å²) >= 11 is 1.77. The molecule has 1 heterocycles. The fourth-order valence-electron chi connectivity index (χ4n) is 1.75. The van der Waals surface area contributed by atoms with Crippen molar-refractivity contribution in [2.75, 3.05) is 38.8 Å². The zero-order chi connectivity index (χ0) is 12.6. The molecule has 0 aliphatic heterocycles. The third-order valence-corrected chi connectivity index (χ3v) is 3.56. The van der Waals surface area contributed by atoms with Gasteiger partial charge in [-0.25, -0.2) is 0 Å². The number of benzene rings is 1. The summed E-state index contributed by atoms with van der Waals surface area (Å²) in [7, 11) is 1.71. The van der Waals surface area contributed by atoms with E-state index in [1.807, 2.05) is 0 Å². The normalized spacial score (nSPS) is 10.9. The van der Waals surface area contributed by atoms with E-state index in [2.05, 4.69) is 35.0 Å². The molecule has 1 N–H and O–H groups in total. The van der Waals surface area contributed by atoms with Crippen LogP contribution in [-0.4, -0.2) is 33.5 Å². The van der Waals surface area contributed by atoms with E-state index in [0.717, 1.165) is 38.5 Å². The highest BCUT2D eigenvalue weighted by Crippen LogP contribution is 2.23. The van der Waals surface area contributed by atoms with E-state index in [9.17, 15) is 0 Å². The molecule has 3 nitrogen and oxygen atoms in total. The van der Waals surface area contributed by atoms with Crippen LogP contribution in [0.2, 0.25) is 0 Å². The van der Waals surface area contributed by atoms with E-state index >= 15 is 0 Å². The second kappa shape index (κ2) is 7.36. The minimum Gasteiger partial charge on any atom is -0.385 e. The SMILES string of the molecule is COCCCOCCNc1ccc2sccc2c1. The van der Waals surface area contributed by atoms with Gasteiger partial charge in [-0.15, -0.1) is 11.3 Å². The molecule has 18 heavy (non-hydrogen) atoms. The fraction of sp³-hybridized carbons (Fsp3) is 0.429. The summed E-state index contributed by atoms with van der Waals surface area (Å²) in [6, 6.07) is 8.59. The van der Waals surface area contributed by atoms with Gasteiger partial charge in [-0.2, -0.15) is 0 Å². The van der Waals surface area contributed by atoms with Crippen LogP contribution in [0.4, 0.5) is 5.69 Å². The van der Waals surface area contributed by atoms with Gasteiger partial charge in [0.2, 0.25) is 0 Å². The number of anilines is 1. The van der Waals surface area contributed by atoms with Crippen LogP contribution >= 0.6 is 11.3 Å². The Morgan fingerprint density at radius 2 is 2.11 bits per heavy atom. The van der Waals surface area contributed by atoms with E-state index in [-0.39, 0.29) is 0 Å². The van der Waals surface area contributed by atoms with Crippen molar-refractivity contribution in [2.45, 2.75) is 6.42 Å². The topological polar surface area (TPSA) is 30.5 Å². The van der Waals surface area contributed by atoms with Crippen molar-refractivity contribution in [3.63, 3.8) is 0 Å². The lowest BCUT2D eigenvalue weighted by Gasteiger charge is -2.07. The number of nitrogens with one attached hydrogen (secondary N) is 1. The number of fused-ring (bicyclic) bond motifs is 1. The molecule has 0 bridgehead atoms. The number of rotatable bonds is 8. The molecule has 2 rings (SSSR count). The molecule has 0 saturated carbocycles. The van der Waals surface area contributed by atoms with Crippen LogP contribution in [0.5, 0.6) is 0 Å². The van der Waals surface area contributed by atoms with Crippen LogP contribution in [0.1, 0.15) is 6.42 Å². The van der Waals surface area contributed by atoms with E-state index in [1.54, 1.807) is 18.4 Å². The van der Waals surface area contributed by atoms with Crippen molar-refractivity contribution < 1.29 is 9.47 Å². The second-order valence-corrected chi connectivity index (χ2v) is 5.01. The number of methoxy groups -OCH3 is 1. The van der Waals surface area contributed by atoms with Crippen molar-refractivity contribution >= 4 is 27.1 Å². The smallest absolute Gasteiger partial charge is 0.0639 e. The van der Waals surface area contributed by atoms with Crippen molar-refractivity contribution in [3.8, 4) is 0 Å². The minimum absolute atomic E-state index is 0.728. The molecule has 0 radical (unpaired) electrons. The van der Waals surface area contributed by atoms with Crippen LogP contribution in [0, 0.1) is 0 Å². The van der Waals surface area contributed by atoms with Gasteiger partial charge >= 0.3 is 0 Å². The van der Waals surface area contributed by atoms with Gasteiger partial charge < -0.3 is 14.8 Å². The number of thiophene rings is 1. The van der Waals surface area contributed by atoms with Crippen LogP contribution in [0.3, 0.4) is 0 Å². The average Bonchev–Trinajstić information content (AvgIpc) is 2.85. The largest absolute Gasteiger partial charge is 0.385 e. The highest BCUT2D eigenvalue weighted by atomic mass is 32.1. The summed E-state index contributed by atoms with van der Waals surface area (Å²) in [5, 5.41) is 6.78. The molecular weight excluding hydrogens is 246 g/mol. The Labute approximate surface area is 112 Å². The Bertz CT molecular complexity index is 470. The van der Waals surface area contributed by atoms with E-state index < -0.39 is 0 Å². The van der Waals surface area contributed by atoms with Gasteiger partial charge in [0.1, 0.15) is 0 Å². The second-order valence-electron chi connectivity index (χ2n) is 4.06. The van der Waals surface area contributed by atoms with Crippen molar-refractivity contribution in [2.24, 2.45) is 0 Å². The molecule has 1 aromatic carbocycles. The predicted octanol–water partition coefficient (Wildman–Crippen LogP) is 3.37. The molecule has 0 aliphatic carbocycles. The summed E-state index contributed by atoms with van der Waals surface area (Å²) in [6.45, 7) is 3.09. The number of hydrogen-bond donors (Lipinski definition) is 1. The maximum Gasteiger partial charge on any atom is 0.0639 e. The highest BCUT2D eigenvalue weighted by Gasteiger charge is 1.97. The van der Waals surface area contributed by atoms with Gasteiger partial charge in [0.15, 0.2) is 0 Å². The summed E-state index contributed by atoms with van der Waals surface area (Å²) in [5.74, 6) is 0. The lowest BCUT2D eigenvalue weighted by Crippen LogP contribution is -2.10. The summed E-state index contributed by atoms with van der Waals surface area (Å²) < 4.78 is 11.8. The molecule has 0 atom stereocenters. The number of hydrogen-bond acceptors (Lipinski definition) is 4. The van der Waals surface area contributed by atoms with Crippen molar-refractivity contribution in [1.82, 2.24) is 0 Å². The molecule has 2 aromatic rings. The number of ether oxygens (including phenoxy) is 2. The lowest BCUT2D eigenvalue weighted by atomic mass is 10.2. The van der Waals surface area contributed by atoms with Gasteiger partial charge in [0.25, 0.3) is 0 Å². The van der Waals surface area contributed by atoms with Crippen LogP contribution in [0.15, 0.2) is 29.6 Å². The molecule has 4 heteroatoms. The van der Waals surface area contributed by atoms with Crippen molar-refractivity contribution in [1.29, 1.82) is 0 Å². The molecule has 0 aliphatic rings. The highest BCUT2D eigenvalue weighted by molar-refractivity contribution is 7.17. The van der Waals surface area contributed by atoms with Crippen LogP contribution < -0.4 is 5.32 Å². The molecule has 1 aromatic heterocycles. The standard InChI is InChI=1S/C14H19NO2S/c1-16-7-2-8-17-9-6-15-13-3-4-14-12(11-13)5-10-18-14/h3-5,10-11,15H,2,6-9H2,1H3. The van der Waals surface area contributed by atoms with Crippen LogP contribution in [0.25, 0.3) is 10.1 Å². The van der Waals surface area contributed by atoms with Gasteiger partial charge in [0.05, 0.1) is 6.61 Å². The minimum atomic E-state index is 0.728. The Morgan fingerprint density at radius 1 is 1.17 bits per heavy atom. The molecule has 98 valence electrons. The van der Waals surface area contributed by atoms with Crippen molar-refractivity contribution in [3.05, 3.63) is 29.6 Å². The molecule has 0 amide bonds. The Morgan fingerprint density at radius 3 is 3.00 bits per heavy atom. The molecule has 0 spiro atoms. The van der Waals surface area contributed by atoms with E-state index in [4.69, 9.17) is 9.47 Å². The molecule has 0 fully saturated rings. The monoisotopic (exact) mass is 265 g/mol. The third kappa shape index (κ3) is 3.98. The molecule has 0 saturated heterocycles. The van der Waals surface area contributed by atoms with E-state index in [0.29, 0.717) is 0 Å². The van der Waals surface area contributed by atoms with Crippen LogP contribution in [-0.2, 0) is 9.47 Å². The van der Waals surface area contributed by atoms with Gasteiger partial charge in [-0.05, 0) is 41.5 Å².